The minimum atomic E-state index is -5.79. The lowest BCUT2D eigenvalue weighted by atomic mass is 9.94. The van der Waals surface area contributed by atoms with Crippen LogP contribution < -0.4 is 11.4 Å². The van der Waals surface area contributed by atoms with Crippen molar-refractivity contribution in [3.05, 3.63) is 22.7 Å². The number of nitrogens with two attached hydrogens (primary N) is 1. The third kappa shape index (κ3) is 4.07. The Morgan fingerprint density at radius 1 is 1.13 bits per heavy atom. The average Bonchev–Trinajstić information content (AvgIpc) is 2.91. The molecule has 8 N–H and O–H groups in total. The summed E-state index contributed by atoms with van der Waals surface area (Å²) in [6.07, 6.45) is -2.28. The first-order valence-corrected chi connectivity index (χ1v) is 12.6. The molecule has 0 radical (unpaired) electrons. The number of rotatable bonds is 7. The van der Waals surface area contributed by atoms with Gasteiger partial charge in [-0.3, -0.25) is 9.09 Å². The second-order valence-corrected chi connectivity index (χ2v) is 11.5. The third-order valence-electron chi connectivity index (χ3n) is 4.92. The molecule has 176 valence electrons. The normalized spacial score (nSPS) is 38.8. The van der Waals surface area contributed by atoms with Crippen LogP contribution in [0.4, 0.5) is 5.82 Å². The maximum Gasteiger partial charge on any atom is 0.490 e. The topological polar surface area (TPSA) is 270 Å². The van der Waals surface area contributed by atoms with Gasteiger partial charge in [0.1, 0.15) is 23.1 Å². The lowest BCUT2D eigenvalue weighted by Gasteiger charge is -2.33. The molecule has 17 nitrogen and oxygen atoms in total. The van der Waals surface area contributed by atoms with Crippen LogP contribution in [-0.4, -0.2) is 62.2 Å². The Hall–Kier alpha value is -1.03. The molecule has 1 aromatic rings. The first-order valence-electron chi connectivity index (χ1n) is 8.05. The lowest BCUT2D eigenvalue weighted by Crippen LogP contribution is -2.50. The highest BCUT2D eigenvalue weighted by atomic mass is 31.3. The predicted octanol–water partition coefficient (Wildman–Crippen LogP) is -1.68. The lowest BCUT2D eigenvalue weighted by molar-refractivity contribution is -0.163. The summed E-state index contributed by atoms with van der Waals surface area (Å²) in [5.74, 6) is -0.125. The molecule has 1 aliphatic heterocycles. The van der Waals surface area contributed by atoms with Crippen LogP contribution in [0.3, 0.4) is 0 Å². The molecule has 0 spiro atoms. The minimum absolute atomic E-state index is 0.125. The van der Waals surface area contributed by atoms with Crippen LogP contribution in [0.2, 0.25) is 0 Å². The van der Waals surface area contributed by atoms with Crippen LogP contribution in [0.25, 0.3) is 0 Å². The van der Waals surface area contributed by atoms with E-state index in [4.69, 9.17) is 20.3 Å². The SMILES string of the molecule is C[C@]1(O)[C@H](n2ccc(N)nc2=O)O[C@]2(C)C(OP(=O)(O)OP(=O)(O)OP(=O)(O)O)[C@]12O. The second kappa shape index (κ2) is 6.98. The van der Waals surface area contributed by atoms with Gasteiger partial charge in [-0.05, 0) is 19.9 Å². The van der Waals surface area contributed by atoms with Crippen molar-refractivity contribution in [3.63, 3.8) is 0 Å². The van der Waals surface area contributed by atoms with Gasteiger partial charge < -0.3 is 40.3 Å². The fourth-order valence-corrected chi connectivity index (χ4v) is 6.81. The maximum absolute atomic E-state index is 12.1. The van der Waals surface area contributed by atoms with Crippen LogP contribution in [0.5, 0.6) is 0 Å². The van der Waals surface area contributed by atoms with E-state index >= 15 is 0 Å². The summed E-state index contributed by atoms with van der Waals surface area (Å²) in [5.41, 5.74) is -2.28. The first-order chi connectivity index (χ1) is 13.8. The molecule has 1 aromatic heterocycles. The van der Waals surface area contributed by atoms with E-state index in [2.05, 4.69) is 18.1 Å². The zero-order chi connectivity index (χ0) is 23.8. The average molecular weight is 509 g/mol. The van der Waals surface area contributed by atoms with E-state index in [0.717, 1.165) is 24.6 Å². The second-order valence-electron chi connectivity index (χ2n) is 7.11. The molecule has 31 heavy (non-hydrogen) atoms. The van der Waals surface area contributed by atoms with Gasteiger partial charge in [-0.25, -0.2) is 18.5 Å². The number of hydrogen-bond acceptors (Lipinski definition) is 12. The van der Waals surface area contributed by atoms with E-state index in [9.17, 15) is 38.5 Å². The van der Waals surface area contributed by atoms with Gasteiger partial charge in [-0.15, -0.1) is 0 Å². The first kappa shape index (κ1) is 24.6. The van der Waals surface area contributed by atoms with E-state index in [0.29, 0.717) is 0 Å². The summed E-state index contributed by atoms with van der Waals surface area (Å²) in [4.78, 5) is 51.5. The Balaban J connectivity index is 1.83. The Morgan fingerprint density at radius 3 is 2.16 bits per heavy atom. The van der Waals surface area contributed by atoms with Crippen LogP contribution >= 0.6 is 23.5 Å². The van der Waals surface area contributed by atoms with Crippen molar-refractivity contribution in [2.24, 2.45) is 0 Å². The van der Waals surface area contributed by atoms with Gasteiger partial charge in [0.25, 0.3) is 0 Å². The molecule has 1 saturated heterocycles. The third-order valence-corrected chi connectivity index (χ3v) is 8.73. The van der Waals surface area contributed by atoms with Crippen LogP contribution in [0, 0.1) is 0 Å². The molecular formula is C11H18N3O14P3. The zero-order valence-corrected chi connectivity index (χ0v) is 18.3. The minimum Gasteiger partial charge on any atom is -0.383 e. The van der Waals surface area contributed by atoms with Crippen molar-refractivity contribution >= 4 is 29.3 Å². The molecule has 0 aromatic carbocycles. The molecule has 0 amide bonds. The Morgan fingerprint density at radius 2 is 1.71 bits per heavy atom. The van der Waals surface area contributed by atoms with Gasteiger partial charge >= 0.3 is 29.2 Å². The van der Waals surface area contributed by atoms with E-state index < -0.39 is 58.3 Å². The molecule has 7 atom stereocenters. The van der Waals surface area contributed by atoms with E-state index in [1.165, 1.54) is 6.07 Å². The standard InChI is InChI=1S/C11H18N3O14P3/c1-9(16)7(14-4-3-5(12)13-8(14)15)25-10(2)6(11(9,10)17)26-30(21,22)28-31(23,24)27-29(18,19)20/h3-4,6-7,16-17H,1-2H3,(H,21,22)(H,23,24)(H2,12,13,15)(H2,18,19,20)/t6?,7-,9+,10-,11+/m1/s1. The van der Waals surface area contributed by atoms with Gasteiger partial charge in [0.15, 0.2) is 11.8 Å². The summed E-state index contributed by atoms with van der Waals surface area (Å²) in [5, 5.41) is 21.8. The number of phosphoric ester groups is 1. The van der Waals surface area contributed by atoms with Crippen molar-refractivity contribution in [1.82, 2.24) is 9.55 Å². The Labute approximate surface area is 172 Å². The number of nitrogens with zero attached hydrogens (tertiary/aromatic N) is 2. The fourth-order valence-electron chi connectivity index (χ4n) is 3.53. The van der Waals surface area contributed by atoms with Crippen LogP contribution in [0.1, 0.15) is 20.1 Å². The van der Waals surface area contributed by atoms with Crippen molar-refractivity contribution in [2.45, 2.75) is 43.0 Å². The number of hydrogen-bond donors (Lipinski definition) is 7. The molecule has 2 aliphatic rings. The molecule has 20 heteroatoms. The van der Waals surface area contributed by atoms with Gasteiger partial charge in [0, 0.05) is 6.20 Å². The summed E-state index contributed by atoms with van der Waals surface area (Å²) >= 11 is 0. The number of aliphatic hydroxyl groups is 2. The smallest absolute Gasteiger partial charge is 0.383 e. The molecule has 2 heterocycles. The molecule has 0 bridgehead atoms. The molecule has 3 unspecified atom stereocenters. The van der Waals surface area contributed by atoms with Crippen LogP contribution in [-0.2, 0) is 31.6 Å². The number of anilines is 1. The molecule has 1 aliphatic carbocycles. The predicted molar refractivity (Wildman–Crippen MR) is 95.7 cm³/mol. The maximum atomic E-state index is 12.1. The van der Waals surface area contributed by atoms with Gasteiger partial charge in [-0.1, -0.05) is 0 Å². The highest BCUT2D eigenvalue weighted by Gasteiger charge is 2.91. The highest BCUT2D eigenvalue weighted by Crippen LogP contribution is 2.73. The summed E-state index contributed by atoms with van der Waals surface area (Å²) in [6, 6.07) is 1.21. The largest absolute Gasteiger partial charge is 0.490 e. The molecule has 2 fully saturated rings. The van der Waals surface area contributed by atoms with E-state index in [-0.39, 0.29) is 5.82 Å². The van der Waals surface area contributed by atoms with E-state index in [1.807, 2.05) is 0 Å². The Bertz CT molecular complexity index is 1120. The number of aromatic nitrogens is 2. The van der Waals surface area contributed by atoms with E-state index in [1.54, 1.807) is 0 Å². The van der Waals surface area contributed by atoms with Gasteiger partial charge in [0.2, 0.25) is 0 Å². The summed E-state index contributed by atoms with van der Waals surface area (Å²) in [6.45, 7) is 2.15. The molecule has 3 rings (SSSR count). The van der Waals surface area contributed by atoms with Crippen molar-refractivity contribution < 1.29 is 61.4 Å². The quantitative estimate of drug-likeness (QED) is 0.202. The monoisotopic (exact) mass is 509 g/mol. The summed E-state index contributed by atoms with van der Waals surface area (Å²) < 4.78 is 52.3. The fraction of sp³-hybridized carbons (Fsp3) is 0.636. The summed E-state index contributed by atoms with van der Waals surface area (Å²) in [7, 11) is -17.0. The highest BCUT2D eigenvalue weighted by molar-refractivity contribution is 7.66. The molecule has 1 saturated carbocycles. The van der Waals surface area contributed by atoms with Gasteiger partial charge in [-0.2, -0.15) is 13.6 Å². The van der Waals surface area contributed by atoms with Crippen LogP contribution in [0.15, 0.2) is 17.1 Å². The molecular weight excluding hydrogens is 491 g/mol. The number of fused-ring (bicyclic) bond motifs is 1. The number of phosphoric acid groups is 3. The zero-order valence-electron chi connectivity index (χ0n) is 15.6. The van der Waals surface area contributed by atoms with Crippen molar-refractivity contribution in [3.8, 4) is 0 Å². The number of ether oxygens (including phenoxy) is 1. The van der Waals surface area contributed by atoms with Crippen molar-refractivity contribution in [2.75, 3.05) is 5.73 Å². The number of nitrogen functional groups attached to an aromatic ring is 1. The Kier molecular flexibility index (Phi) is 5.54. The van der Waals surface area contributed by atoms with Crippen molar-refractivity contribution in [1.29, 1.82) is 0 Å². The van der Waals surface area contributed by atoms with Gasteiger partial charge in [0.05, 0.1) is 0 Å².